The topological polar surface area (TPSA) is 68.5 Å². The number of nitrogens with zero attached hydrogens (tertiary/aromatic N) is 5. The van der Waals surface area contributed by atoms with Crippen LogP contribution in [0, 0.1) is 6.92 Å². The van der Waals surface area contributed by atoms with Crippen LogP contribution in [0.25, 0.3) is 17.3 Å². The maximum Gasteiger partial charge on any atom is 0.255 e. The summed E-state index contributed by atoms with van der Waals surface area (Å²) in [6.07, 6.45) is 3.51. The first-order chi connectivity index (χ1) is 10.3. The van der Waals surface area contributed by atoms with Crippen molar-refractivity contribution in [3.63, 3.8) is 0 Å². The van der Waals surface area contributed by atoms with Crippen LogP contribution in [0.2, 0.25) is 0 Å². The third kappa shape index (κ3) is 2.89. The van der Waals surface area contributed by atoms with Crippen molar-refractivity contribution in [2.45, 2.75) is 13.8 Å². The predicted octanol–water partition coefficient (Wildman–Crippen LogP) is 2.46. The van der Waals surface area contributed by atoms with Gasteiger partial charge in [0.15, 0.2) is 5.82 Å². The van der Waals surface area contributed by atoms with Crippen LogP contribution in [-0.4, -0.2) is 31.3 Å². The zero-order valence-electron chi connectivity index (χ0n) is 12.0. The van der Waals surface area contributed by atoms with Gasteiger partial charge in [-0.25, -0.2) is 4.68 Å². The number of hydrogen-bond donors (Lipinski definition) is 1. The Balaban J connectivity index is 2.11. The molecule has 0 amide bonds. The highest BCUT2D eigenvalue weighted by Crippen LogP contribution is 2.18. The largest absolute Gasteiger partial charge is 0.354 e. The maximum absolute atomic E-state index is 4.51. The maximum atomic E-state index is 4.51. The lowest BCUT2D eigenvalue weighted by atomic mass is 10.1. The monoisotopic (exact) mass is 280 g/mol. The van der Waals surface area contributed by atoms with Crippen molar-refractivity contribution in [1.82, 2.24) is 24.7 Å². The van der Waals surface area contributed by atoms with Gasteiger partial charge in [-0.2, -0.15) is 20.1 Å². The molecule has 2 aromatic heterocycles. The molecule has 6 heteroatoms. The molecule has 2 heterocycles. The summed E-state index contributed by atoms with van der Waals surface area (Å²) in [7, 11) is 0. The molecule has 0 unspecified atom stereocenters. The van der Waals surface area contributed by atoms with Gasteiger partial charge >= 0.3 is 0 Å². The van der Waals surface area contributed by atoms with Gasteiger partial charge in [0.1, 0.15) is 0 Å². The average Bonchev–Trinajstić information content (AvgIpc) is 3.01. The lowest BCUT2D eigenvalue weighted by Crippen LogP contribution is -2.10. The molecule has 0 bridgehead atoms. The molecular formula is C15H16N6. The molecule has 6 nitrogen and oxygen atoms in total. The van der Waals surface area contributed by atoms with Gasteiger partial charge in [0.05, 0.1) is 0 Å². The molecule has 0 aliphatic heterocycles. The fraction of sp³-hybridized carbons (Fsp3) is 0.200. The standard InChI is InChI=1S/C15H16N6/c1-3-16-14-18-13(12-7-4-6-11(2)10-12)19-15(20-14)21-9-5-8-17-21/h4-10H,3H2,1-2H3,(H,16,18,19,20). The summed E-state index contributed by atoms with van der Waals surface area (Å²) >= 11 is 0. The highest BCUT2D eigenvalue weighted by atomic mass is 15.4. The van der Waals surface area contributed by atoms with Crippen molar-refractivity contribution < 1.29 is 0 Å². The number of benzene rings is 1. The van der Waals surface area contributed by atoms with E-state index in [1.807, 2.05) is 44.3 Å². The van der Waals surface area contributed by atoms with Gasteiger partial charge in [-0.3, -0.25) is 0 Å². The van der Waals surface area contributed by atoms with Crippen molar-refractivity contribution in [3.05, 3.63) is 48.3 Å². The Bertz CT molecular complexity index is 736. The van der Waals surface area contributed by atoms with Crippen LogP contribution in [0.5, 0.6) is 0 Å². The molecule has 1 N–H and O–H groups in total. The molecule has 0 aliphatic carbocycles. The Kier molecular flexibility index (Phi) is 3.59. The Morgan fingerprint density at radius 3 is 2.76 bits per heavy atom. The minimum absolute atomic E-state index is 0.502. The van der Waals surface area contributed by atoms with Crippen molar-refractivity contribution in [2.24, 2.45) is 0 Å². The first-order valence-electron chi connectivity index (χ1n) is 6.83. The quantitative estimate of drug-likeness (QED) is 0.795. The molecule has 0 saturated heterocycles. The van der Waals surface area contributed by atoms with E-state index in [1.165, 1.54) is 5.56 Å². The number of aryl methyl sites for hydroxylation is 1. The third-order valence-electron chi connectivity index (χ3n) is 2.94. The van der Waals surface area contributed by atoms with E-state index in [0.717, 1.165) is 12.1 Å². The van der Waals surface area contributed by atoms with Gasteiger partial charge in [0.25, 0.3) is 5.95 Å². The molecule has 0 aliphatic rings. The molecule has 0 spiro atoms. The molecule has 0 atom stereocenters. The zero-order valence-corrected chi connectivity index (χ0v) is 12.0. The van der Waals surface area contributed by atoms with E-state index >= 15 is 0 Å². The van der Waals surface area contributed by atoms with Gasteiger partial charge in [-0.1, -0.05) is 23.8 Å². The minimum Gasteiger partial charge on any atom is -0.354 e. The van der Waals surface area contributed by atoms with Crippen molar-refractivity contribution in [1.29, 1.82) is 0 Å². The van der Waals surface area contributed by atoms with Crippen LogP contribution in [0.1, 0.15) is 12.5 Å². The van der Waals surface area contributed by atoms with Crippen LogP contribution in [-0.2, 0) is 0 Å². The lowest BCUT2D eigenvalue weighted by Gasteiger charge is -2.08. The van der Waals surface area contributed by atoms with Crippen LogP contribution < -0.4 is 5.32 Å². The van der Waals surface area contributed by atoms with Crippen LogP contribution in [0.4, 0.5) is 5.95 Å². The van der Waals surface area contributed by atoms with Gasteiger partial charge in [-0.15, -0.1) is 0 Å². The van der Waals surface area contributed by atoms with E-state index in [0.29, 0.717) is 17.7 Å². The SMILES string of the molecule is CCNc1nc(-c2cccc(C)c2)nc(-n2cccn2)n1. The zero-order chi connectivity index (χ0) is 14.7. The van der Waals surface area contributed by atoms with Crippen molar-refractivity contribution in [3.8, 4) is 17.3 Å². The summed E-state index contributed by atoms with van der Waals surface area (Å²) < 4.78 is 1.63. The highest BCUT2D eigenvalue weighted by Gasteiger charge is 2.10. The summed E-state index contributed by atoms with van der Waals surface area (Å²) in [5, 5.41) is 7.31. The molecule has 106 valence electrons. The molecule has 3 rings (SSSR count). The van der Waals surface area contributed by atoms with E-state index < -0.39 is 0 Å². The fourth-order valence-electron chi connectivity index (χ4n) is 2.00. The van der Waals surface area contributed by atoms with Gasteiger partial charge in [0.2, 0.25) is 5.95 Å². The van der Waals surface area contributed by atoms with Crippen LogP contribution in [0.3, 0.4) is 0 Å². The lowest BCUT2D eigenvalue weighted by molar-refractivity contribution is 0.798. The predicted molar refractivity (Wildman–Crippen MR) is 81.3 cm³/mol. The molecule has 3 aromatic rings. The molecule has 0 saturated carbocycles. The second-order valence-corrected chi connectivity index (χ2v) is 4.63. The molecular weight excluding hydrogens is 264 g/mol. The van der Waals surface area contributed by atoms with Crippen LogP contribution >= 0.6 is 0 Å². The number of rotatable bonds is 4. The van der Waals surface area contributed by atoms with Gasteiger partial charge in [-0.05, 0) is 26.0 Å². The molecule has 1 aromatic carbocycles. The van der Waals surface area contributed by atoms with Crippen molar-refractivity contribution in [2.75, 3.05) is 11.9 Å². The molecule has 0 radical (unpaired) electrons. The fourth-order valence-corrected chi connectivity index (χ4v) is 2.00. The Hall–Kier alpha value is -2.76. The second kappa shape index (κ2) is 5.70. The van der Waals surface area contributed by atoms with Crippen LogP contribution in [0.15, 0.2) is 42.7 Å². The first kappa shape index (κ1) is 13.2. The van der Waals surface area contributed by atoms with E-state index in [-0.39, 0.29) is 0 Å². The summed E-state index contributed by atoms with van der Waals surface area (Å²) in [6.45, 7) is 4.80. The minimum atomic E-state index is 0.502. The van der Waals surface area contributed by atoms with E-state index in [9.17, 15) is 0 Å². The summed E-state index contributed by atoms with van der Waals surface area (Å²) in [6, 6.07) is 9.92. The first-order valence-corrected chi connectivity index (χ1v) is 6.83. The Labute approximate surface area is 122 Å². The summed E-state index contributed by atoms with van der Waals surface area (Å²) in [4.78, 5) is 13.4. The van der Waals surface area contributed by atoms with Crippen molar-refractivity contribution >= 4 is 5.95 Å². The Morgan fingerprint density at radius 1 is 1.14 bits per heavy atom. The summed E-state index contributed by atoms with van der Waals surface area (Å²) in [5.41, 5.74) is 2.13. The smallest absolute Gasteiger partial charge is 0.255 e. The number of hydrogen-bond acceptors (Lipinski definition) is 5. The van der Waals surface area contributed by atoms with E-state index in [2.05, 4.69) is 31.4 Å². The average molecular weight is 280 g/mol. The van der Waals surface area contributed by atoms with E-state index in [4.69, 9.17) is 0 Å². The molecule has 21 heavy (non-hydrogen) atoms. The van der Waals surface area contributed by atoms with Gasteiger partial charge < -0.3 is 5.32 Å². The summed E-state index contributed by atoms with van der Waals surface area (Å²) in [5.74, 6) is 1.69. The third-order valence-corrected chi connectivity index (χ3v) is 2.94. The normalized spacial score (nSPS) is 10.6. The Morgan fingerprint density at radius 2 is 2.05 bits per heavy atom. The number of aromatic nitrogens is 5. The molecule has 0 fully saturated rings. The number of anilines is 1. The van der Waals surface area contributed by atoms with Gasteiger partial charge in [0, 0.05) is 24.5 Å². The van der Waals surface area contributed by atoms with E-state index in [1.54, 1.807) is 10.9 Å². The number of nitrogens with one attached hydrogen (secondary N) is 1. The second-order valence-electron chi connectivity index (χ2n) is 4.63. The highest BCUT2D eigenvalue weighted by molar-refractivity contribution is 5.57.